The number of furan rings is 1. The molecule has 0 bridgehead atoms. The molecule has 0 aliphatic carbocycles. The number of rotatable bonds is 4. The molecule has 2 aromatic heterocycles. The number of methoxy groups -OCH3 is 1. The van der Waals surface area contributed by atoms with Crippen molar-refractivity contribution in [2.24, 2.45) is 0 Å². The molecule has 0 amide bonds. The fraction of sp³-hybridized carbons (Fsp3) is 0.125. The quantitative estimate of drug-likeness (QED) is 0.744. The van der Waals surface area contributed by atoms with Gasteiger partial charge in [0.25, 0.3) is 0 Å². The lowest BCUT2D eigenvalue weighted by Gasteiger charge is -2.08. The maximum Gasteiger partial charge on any atom is 0.374 e. The van der Waals surface area contributed by atoms with E-state index in [9.17, 15) is 4.79 Å². The predicted octanol–water partition coefficient (Wildman–Crippen LogP) is 3.23. The summed E-state index contributed by atoms with van der Waals surface area (Å²) in [5.41, 5.74) is 2.54. The lowest BCUT2D eigenvalue weighted by molar-refractivity contribution is 0.0563. The Bertz CT molecular complexity index is 775. The van der Waals surface area contributed by atoms with E-state index < -0.39 is 5.97 Å². The highest BCUT2D eigenvalue weighted by molar-refractivity contribution is 5.90. The fourth-order valence-corrected chi connectivity index (χ4v) is 2.18. The van der Waals surface area contributed by atoms with E-state index in [2.05, 4.69) is 15.0 Å². The molecule has 106 valence electrons. The summed E-state index contributed by atoms with van der Waals surface area (Å²) in [5.74, 6) is -0.258. The van der Waals surface area contributed by atoms with Crippen LogP contribution in [0.4, 0.5) is 5.69 Å². The van der Waals surface area contributed by atoms with Crippen LogP contribution in [0.15, 0.2) is 53.3 Å². The molecule has 21 heavy (non-hydrogen) atoms. The van der Waals surface area contributed by atoms with Crippen molar-refractivity contribution in [3.8, 4) is 0 Å². The number of benzene rings is 1. The number of para-hydroxylation sites is 1. The highest BCUT2D eigenvalue weighted by atomic mass is 16.5. The van der Waals surface area contributed by atoms with Crippen LogP contribution in [0.1, 0.15) is 16.1 Å². The Morgan fingerprint density at radius 1 is 1.29 bits per heavy atom. The van der Waals surface area contributed by atoms with E-state index in [1.165, 1.54) is 13.4 Å². The Balaban J connectivity index is 1.84. The summed E-state index contributed by atoms with van der Waals surface area (Å²) in [4.78, 5) is 15.9. The van der Waals surface area contributed by atoms with E-state index in [1.54, 1.807) is 12.3 Å². The van der Waals surface area contributed by atoms with Crippen LogP contribution in [0.5, 0.6) is 0 Å². The first-order valence-electron chi connectivity index (χ1n) is 6.52. The molecule has 0 aliphatic heterocycles. The maximum absolute atomic E-state index is 11.6. The van der Waals surface area contributed by atoms with Gasteiger partial charge in [0.15, 0.2) is 0 Å². The minimum absolute atomic E-state index is 0.221. The van der Waals surface area contributed by atoms with Crippen LogP contribution >= 0.6 is 0 Å². The molecule has 5 heteroatoms. The van der Waals surface area contributed by atoms with E-state index in [4.69, 9.17) is 4.42 Å². The Kier molecular flexibility index (Phi) is 3.55. The van der Waals surface area contributed by atoms with Crippen LogP contribution in [0.25, 0.3) is 10.9 Å². The van der Waals surface area contributed by atoms with Gasteiger partial charge in [-0.25, -0.2) is 4.79 Å². The molecule has 0 spiro atoms. The molecule has 0 saturated heterocycles. The summed E-state index contributed by atoms with van der Waals surface area (Å²) in [5, 5.41) is 4.34. The zero-order valence-corrected chi connectivity index (χ0v) is 11.5. The average molecular weight is 282 g/mol. The number of nitrogens with zero attached hydrogens (tertiary/aromatic N) is 1. The van der Waals surface area contributed by atoms with Crippen molar-refractivity contribution >= 4 is 22.6 Å². The monoisotopic (exact) mass is 282 g/mol. The number of aromatic nitrogens is 1. The van der Waals surface area contributed by atoms with E-state index >= 15 is 0 Å². The second-order valence-electron chi connectivity index (χ2n) is 4.50. The molecule has 0 fully saturated rings. The molecule has 2 heterocycles. The number of fused-ring (bicyclic) bond motifs is 1. The van der Waals surface area contributed by atoms with Crippen LogP contribution < -0.4 is 5.32 Å². The molecule has 5 nitrogen and oxygen atoms in total. The van der Waals surface area contributed by atoms with Crippen molar-refractivity contribution in [2.75, 3.05) is 12.4 Å². The topological polar surface area (TPSA) is 64.4 Å². The van der Waals surface area contributed by atoms with Gasteiger partial charge in [0.1, 0.15) is 0 Å². The highest BCUT2D eigenvalue weighted by Crippen LogP contribution is 2.22. The third-order valence-corrected chi connectivity index (χ3v) is 3.22. The van der Waals surface area contributed by atoms with E-state index in [0.29, 0.717) is 6.54 Å². The second-order valence-corrected chi connectivity index (χ2v) is 4.50. The van der Waals surface area contributed by atoms with Crippen molar-refractivity contribution in [1.82, 2.24) is 4.98 Å². The minimum atomic E-state index is -0.479. The van der Waals surface area contributed by atoms with Gasteiger partial charge in [0.05, 0.1) is 24.6 Å². The van der Waals surface area contributed by atoms with Crippen molar-refractivity contribution < 1.29 is 13.9 Å². The summed E-state index contributed by atoms with van der Waals surface area (Å²) >= 11 is 0. The number of carbonyl (C=O) groups is 1. The Hall–Kier alpha value is -2.82. The SMILES string of the molecule is COC(=O)c1occc1CNc1cccc2cccnc12. The van der Waals surface area contributed by atoms with E-state index in [0.717, 1.165) is 22.2 Å². The first kappa shape index (κ1) is 13.2. The van der Waals surface area contributed by atoms with E-state index in [-0.39, 0.29) is 5.76 Å². The van der Waals surface area contributed by atoms with Gasteiger partial charge < -0.3 is 14.5 Å². The molecule has 1 aromatic carbocycles. The van der Waals surface area contributed by atoms with Crippen molar-refractivity contribution in [2.45, 2.75) is 6.54 Å². The van der Waals surface area contributed by atoms with Gasteiger partial charge in [-0.15, -0.1) is 0 Å². The fourth-order valence-electron chi connectivity index (χ4n) is 2.18. The van der Waals surface area contributed by atoms with Gasteiger partial charge in [-0.3, -0.25) is 4.98 Å². The first-order valence-corrected chi connectivity index (χ1v) is 6.52. The first-order chi connectivity index (χ1) is 10.3. The highest BCUT2D eigenvalue weighted by Gasteiger charge is 2.15. The number of pyridine rings is 1. The number of hydrogen-bond donors (Lipinski definition) is 1. The summed E-state index contributed by atoms with van der Waals surface area (Å²) in [6.07, 6.45) is 3.23. The lowest BCUT2D eigenvalue weighted by atomic mass is 10.2. The molecular formula is C16H14N2O3. The van der Waals surface area contributed by atoms with Gasteiger partial charge in [0.2, 0.25) is 5.76 Å². The molecule has 0 radical (unpaired) electrons. The number of carbonyl (C=O) groups excluding carboxylic acids is 1. The summed E-state index contributed by atoms with van der Waals surface area (Å²) < 4.78 is 9.85. The Labute approximate surface area is 121 Å². The minimum Gasteiger partial charge on any atom is -0.463 e. The standard InChI is InChI=1S/C16H14N2O3/c1-20-16(19)15-12(7-9-21-15)10-18-13-6-2-4-11-5-3-8-17-14(11)13/h2-9,18H,10H2,1H3. The number of ether oxygens (including phenoxy) is 1. The van der Waals surface area contributed by atoms with Crippen molar-refractivity contribution in [1.29, 1.82) is 0 Å². The van der Waals surface area contributed by atoms with Crippen LogP contribution in [0, 0.1) is 0 Å². The third-order valence-electron chi connectivity index (χ3n) is 3.22. The van der Waals surface area contributed by atoms with Gasteiger partial charge in [-0.2, -0.15) is 0 Å². The molecule has 3 rings (SSSR count). The number of anilines is 1. The molecular weight excluding hydrogens is 268 g/mol. The summed E-state index contributed by atoms with van der Waals surface area (Å²) in [7, 11) is 1.33. The zero-order valence-electron chi connectivity index (χ0n) is 11.5. The molecule has 0 saturated carbocycles. The Morgan fingerprint density at radius 2 is 2.14 bits per heavy atom. The molecule has 3 aromatic rings. The van der Waals surface area contributed by atoms with Crippen LogP contribution in [0.3, 0.4) is 0 Å². The van der Waals surface area contributed by atoms with E-state index in [1.807, 2.05) is 30.3 Å². The lowest BCUT2D eigenvalue weighted by Crippen LogP contribution is -2.07. The van der Waals surface area contributed by atoms with Gasteiger partial charge in [-0.05, 0) is 18.2 Å². The third kappa shape index (κ3) is 2.58. The molecule has 0 atom stereocenters. The number of nitrogens with one attached hydrogen (secondary N) is 1. The van der Waals surface area contributed by atoms with Gasteiger partial charge in [-0.1, -0.05) is 18.2 Å². The van der Waals surface area contributed by atoms with Crippen molar-refractivity contribution in [3.05, 3.63) is 60.2 Å². The molecule has 0 unspecified atom stereocenters. The largest absolute Gasteiger partial charge is 0.463 e. The predicted molar refractivity (Wildman–Crippen MR) is 79.1 cm³/mol. The average Bonchev–Trinajstić information content (AvgIpc) is 3.00. The van der Waals surface area contributed by atoms with Gasteiger partial charge in [0, 0.05) is 23.7 Å². The smallest absolute Gasteiger partial charge is 0.374 e. The normalized spacial score (nSPS) is 10.5. The second kappa shape index (κ2) is 5.66. The van der Waals surface area contributed by atoms with Crippen LogP contribution in [-0.2, 0) is 11.3 Å². The van der Waals surface area contributed by atoms with Crippen LogP contribution in [-0.4, -0.2) is 18.1 Å². The Morgan fingerprint density at radius 3 is 3.00 bits per heavy atom. The summed E-state index contributed by atoms with van der Waals surface area (Å²) in [6, 6.07) is 11.6. The maximum atomic E-state index is 11.6. The van der Waals surface area contributed by atoms with Gasteiger partial charge >= 0.3 is 5.97 Å². The van der Waals surface area contributed by atoms with Crippen molar-refractivity contribution in [3.63, 3.8) is 0 Å². The molecule has 0 aliphatic rings. The van der Waals surface area contributed by atoms with Crippen LogP contribution in [0.2, 0.25) is 0 Å². The molecule has 1 N–H and O–H groups in total. The number of esters is 1. The zero-order chi connectivity index (χ0) is 14.7. The number of hydrogen-bond acceptors (Lipinski definition) is 5. The summed E-state index contributed by atoms with van der Waals surface area (Å²) in [6.45, 7) is 0.455.